The number of halogens is 1. The number of aryl methyl sites for hydroxylation is 1. The van der Waals surface area contributed by atoms with Crippen molar-refractivity contribution in [2.24, 2.45) is 10.9 Å². The van der Waals surface area contributed by atoms with E-state index in [4.69, 9.17) is 4.74 Å². The Morgan fingerprint density at radius 1 is 1.31 bits per heavy atom. The Bertz CT molecular complexity index is 571. The summed E-state index contributed by atoms with van der Waals surface area (Å²) in [6.45, 7) is 7.81. The Balaban J connectivity index is 1.65. The second-order valence-electron chi connectivity index (χ2n) is 6.98. The van der Waals surface area contributed by atoms with Crippen molar-refractivity contribution in [2.75, 3.05) is 53.5 Å². The standard InChI is InChI=1S/C20H33FN4O/c1-16-14-19(21)5-4-18(16)6-9-23-20(22-2)24-15-17-7-10-25(11-8-17)12-13-26-3/h4-5,14,17H,6-13,15H2,1-3H3,(H2,22,23,24). The Morgan fingerprint density at radius 2 is 2.08 bits per heavy atom. The maximum absolute atomic E-state index is 13.2. The Labute approximate surface area is 157 Å². The number of nitrogens with one attached hydrogen (secondary N) is 2. The summed E-state index contributed by atoms with van der Waals surface area (Å²) in [7, 11) is 3.55. The topological polar surface area (TPSA) is 48.9 Å². The van der Waals surface area contributed by atoms with Gasteiger partial charge in [0.2, 0.25) is 0 Å². The first kappa shape index (κ1) is 20.6. The molecular formula is C20H33FN4O. The number of piperidine rings is 1. The van der Waals surface area contributed by atoms with Crippen LogP contribution in [0.15, 0.2) is 23.2 Å². The van der Waals surface area contributed by atoms with E-state index in [1.54, 1.807) is 20.2 Å². The number of nitrogens with zero attached hydrogens (tertiary/aromatic N) is 2. The van der Waals surface area contributed by atoms with E-state index >= 15 is 0 Å². The lowest BCUT2D eigenvalue weighted by atomic mass is 9.97. The minimum Gasteiger partial charge on any atom is -0.383 e. The summed E-state index contributed by atoms with van der Waals surface area (Å²) >= 11 is 0. The van der Waals surface area contributed by atoms with E-state index in [2.05, 4.69) is 20.5 Å². The second-order valence-corrected chi connectivity index (χ2v) is 6.98. The number of guanidine groups is 1. The van der Waals surface area contributed by atoms with Crippen LogP contribution in [0.3, 0.4) is 0 Å². The zero-order chi connectivity index (χ0) is 18.8. The highest BCUT2D eigenvalue weighted by Gasteiger charge is 2.18. The van der Waals surface area contributed by atoms with Crippen molar-refractivity contribution in [3.8, 4) is 0 Å². The van der Waals surface area contributed by atoms with Gasteiger partial charge in [0, 0.05) is 33.8 Å². The molecule has 1 aliphatic heterocycles. The molecule has 5 nitrogen and oxygen atoms in total. The number of hydrogen-bond acceptors (Lipinski definition) is 3. The van der Waals surface area contributed by atoms with E-state index in [1.807, 2.05) is 13.0 Å². The summed E-state index contributed by atoms with van der Waals surface area (Å²) in [5.74, 6) is 1.35. The number of methoxy groups -OCH3 is 1. The van der Waals surface area contributed by atoms with Crippen LogP contribution < -0.4 is 10.6 Å². The van der Waals surface area contributed by atoms with Gasteiger partial charge in [0.25, 0.3) is 0 Å². The summed E-state index contributed by atoms with van der Waals surface area (Å²) in [4.78, 5) is 6.77. The average Bonchev–Trinajstić information content (AvgIpc) is 2.65. The molecule has 0 aromatic heterocycles. The molecule has 6 heteroatoms. The predicted molar refractivity (Wildman–Crippen MR) is 105 cm³/mol. The zero-order valence-corrected chi connectivity index (χ0v) is 16.4. The smallest absolute Gasteiger partial charge is 0.190 e. The van der Waals surface area contributed by atoms with Gasteiger partial charge in [-0.15, -0.1) is 0 Å². The van der Waals surface area contributed by atoms with Gasteiger partial charge in [-0.25, -0.2) is 4.39 Å². The van der Waals surface area contributed by atoms with Crippen LogP contribution in [0.2, 0.25) is 0 Å². The average molecular weight is 365 g/mol. The largest absolute Gasteiger partial charge is 0.383 e. The molecule has 0 aliphatic carbocycles. The van der Waals surface area contributed by atoms with E-state index in [0.717, 1.165) is 62.8 Å². The van der Waals surface area contributed by atoms with Crippen molar-refractivity contribution in [2.45, 2.75) is 26.2 Å². The van der Waals surface area contributed by atoms with Gasteiger partial charge in [0.15, 0.2) is 5.96 Å². The molecule has 2 N–H and O–H groups in total. The van der Waals surface area contributed by atoms with Gasteiger partial charge >= 0.3 is 0 Å². The van der Waals surface area contributed by atoms with Crippen LogP contribution in [0, 0.1) is 18.7 Å². The lowest BCUT2D eigenvalue weighted by Crippen LogP contribution is -2.43. The van der Waals surface area contributed by atoms with Crippen LogP contribution in [0.4, 0.5) is 4.39 Å². The molecule has 0 saturated carbocycles. The van der Waals surface area contributed by atoms with Crippen molar-refractivity contribution in [1.82, 2.24) is 15.5 Å². The zero-order valence-electron chi connectivity index (χ0n) is 16.4. The third-order valence-electron chi connectivity index (χ3n) is 5.09. The molecule has 1 fully saturated rings. The molecule has 0 atom stereocenters. The van der Waals surface area contributed by atoms with Crippen LogP contribution in [0.1, 0.15) is 24.0 Å². The monoisotopic (exact) mass is 364 g/mol. The molecule has 146 valence electrons. The summed E-state index contributed by atoms with van der Waals surface area (Å²) in [5, 5.41) is 6.80. The number of benzene rings is 1. The minimum atomic E-state index is -0.176. The molecule has 26 heavy (non-hydrogen) atoms. The van der Waals surface area contributed by atoms with Gasteiger partial charge in [-0.2, -0.15) is 0 Å². The van der Waals surface area contributed by atoms with E-state index < -0.39 is 0 Å². The molecule has 0 spiro atoms. The van der Waals surface area contributed by atoms with Crippen molar-refractivity contribution in [1.29, 1.82) is 0 Å². The Morgan fingerprint density at radius 3 is 2.73 bits per heavy atom. The predicted octanol–water partition coefficient (Wildman–Crippen LogP) is 2.20. The Kier molecular flexibility index (Phi) is 8.85. The molecule has 1 aliphatic rings. The number of hydrogen-bond donors (Lipinski definition) is 2. The number of aliphatic imine (C=N–C) groups is 1. The molecule has 1 aromatic carbocycles. The summed E-state index contributed by atoms with van der Waals surface area (Å²) < 4.78 is 18.3. The quantitative estimate of drug-likeness (QED) is 0.548. The van der Waals surface area contributed by atoms with Crippen LogP contribution in [-0.4, -0.2) is 64.3 Å². The normalized spacial score (nSPS) is 16.7. The molecule has 1 aromatic rings. The van der Waals surface area contributed by atoms with Crippen molar-refractivity contribution in [3.63, 3.8) is 0 Å². The van der Waals surface area contributed by atoms with Gasteiger partial charge in [-0.1, -0.05) is 6.07 Å². The van der Waals surface area contributed by atoms with Gasteiger partial charge in [0.05, 0.1) is 6.61 Å². The first-order valence-electron chi connectivity index (χ1n) is 9.53. The van der Waals surface area contributed by atoms with Crippen LogP contribution >= 0.6 is 0 Å². The van der Waals surface area contributed by atoms with E-state index in [0.29, 0.717) is 5.92 Å². The highest BCUT2D eigenvalue weighted by Crippen LogP contribution is 2.16. The maximum atomic E-state index is 13.2. The summed E-state index contributed by atoms with van der Waals surface area (Å²) in [6.07, 6.45) is 3.27. The molecule has 2 rings (SSSR count). The highest BCUT2D eigenvalue weighted by atomic mass is 19.1. The Hall–Kier alpha value is -1.66. The van der Waals surface area contributed by atoms with Crippen LogP contribution in [0.5, 0.6) is 0 Å². The fraction of sp³-hybridized carbons (Fsp3) is 0.650. The van der Waals surface area contributed by atoms with Crippen molar-refractivity contribution in [3.05, 3.63) is 35.1 Å². The molecular weight excluding hydrogens is 331 g/mol. The third-order valence-corrected chi connectivity index (χ3v) is 5.09. The lowest BCUT2D eigenvalue weighted by Gasteiger charge is -2.32. The van der Waals surface area contributed by atoms with Crippen LogP contribution in [-0.2, 0) is 11.2 Å². The fourth-order valence-electron chi connectivity index (χ4n) is 3.35. The summed E-state index contributed by atoms with van der Waals surface area (Å²) in [6, 6.07) is 4.97. The lowest BCUT2D eigenvalue weighted by molar-refractivity contribution is 0.121. The first-order chi connectivity index (χ1) is 12.6. The minimum absolute atomic E-state index is 0.176. The van der Waals surface area contributed by atoms with Gasteiger partial charge in [-0.05, 0) is 68.5 Å². The number of likely N-dealkylation sites (tertiary alicyclic amines) is 1. The van der Waals surface area contributed by atoms with Crippen molar-refractivity contribution < 1.29 is 9.13 Å². The molecule has 0 bridgehead atoms. The molecule has 1 heterocycles. The highest BCUT2D eigenvalue weighted by molar-refractivity contribution is 5.79. The summed E-state index contributed by atoms with van der Waals surface area (Å²) in [5.41, 5.74) is 2.16. The van der Waals surface area contributed by atoms with Crippen LogP contribution in [0.25, 0.3) is 0 Å². The molecule has 0 radical (unpaired) electrons. The fourth-order valence-corrected chi connectivity index (χ4v) is 3.35. The van der Waals surface area contributed by atoms with Gasteiger partial charge in [0.1, 0.15) is 5.82 Å². The van der Waals surface area contributed by atoms with Crippen molar-refractivity contribution >= 4 is 5.96 Å². The number of ether oxygens (including phenoxy) is 1. The maximum Gasteiger partial charge on any atom is 0.190 e. The number of rotatable bonds is 8. The molecule has 1 saturated heterocycles. The van der Waals surface area contributed by atoms with E-state index in [1.165, 1.54) is 18.9 Å². The third kappa shape index (κ3) is 6.92. The second kappa shape index (κ2) is 11.1. The molecule has 0 unspecified atom stereocenters. The SMILES string of the molecule is CN=C(NCCc1ccc(F)cc1C)NCC1CCN(CCOC)CC1. The van der Waals surface area contributed by atoms with E-state index in [9.17, 15) is 4.39 Å². The van der Waals surface area contributed by atoms with Gasteiger partial charge in [-0.3, -0.25) is 4.99 Å². The van der Waals surface area contributed by atoms with E-state index in [-0.39, 0.29) is 5.82 Å². The first-order valence-corrected chi connectivity index (χ1v) is 9.53. The molecule has 0 amide bonds. The van der Waals surface area contributed by atoms with Gasteiger partial charge < -0.3 is 20.3 Å².